The molecule has 1 rings (SSSR count). The van der Waals surface area contributed by atoms with Crippen molar-refractivity contribution in [1.29, 1.82) is 0 Å². The van der Waals surface area contributed by atoms with Crippen molar-refractivity contribution in [2.45, 2.75) is 26.3 Å². The van der Waals surface area contributed by atoms with Crippen molar-refractivity contribution in [3.8, 4) is 5.75 Å². The molecule has 1 aromatic carbocycles. The van der Waals surface area contributed by atoms with Gasteiger partial charge in [-0.3, -0.25) is 0 Å². The van der Waals surface area contributed by atoms with E-state index in [1.54, 1.807) is 6.07 Å². The van der Waals surface area contributed by atoms with Crippen molar-refractivity contribution in [2.24, 2.45) is 0 Å². The Labute approximate surface area is 106 Å². The monoisotopic (exact) mass is 283 g/mol. The molecule has 0 aliphatic rings. The number of nitrogens with one attached hydrogen (secondary N) is 1. The first kappa shape index (κ1) is 13.3. The maximum Gasteiger partial charge on any atom is 0.120 e. The van der Waals surface area contributed by atoms with Crippen molar-refractivity contribution < 1.29 is 5.11 Å². The molecule has 1 atom stereocenters. The maximum atomic E-state index is 9.73. The van der Waals surface area contributed by atoms with Gasteiger partial charge < -0.3 is 10.4 Å². The molecule has 0 heterocycles. The summed E-state index contributed by atoms with van der Waals surface area (Å²) in [4.78, 5) is 0. The van der Waals surface area contributed by atoms with Gasteiger partial charge in [0.15, 0.2) is 0 Å². The number of allylic oxidation sites excluding steroid dienone is 1. The third kappa shape index (κ3) is 3.99. The molecular weight excluding hydrogens is 266 g/mol. The van der Waals surface area contributed by atoms with Crippen molar-refractivity contribution in [3.63, 3.8) is 0 Å². The molecule has 2 N–H and O–H groups in total. The molecule has 1 aromatic rings. The molecule has 0 saturated carbocycles. The Hall–Kier alpha value is -0.800. The van der Waals surface area contributed by atoms with Crippen LogP contribution in [-0.2, 0) is 0 Å². The van der Waals surface area contributed by atoms with E-state index >= 15 is 0 Å². The second-order valence-electron chi connectivity index (χ2n) is 3.74. The van der Waals surface area contributed by atoms with Gasteiger partial charge in [-0.15, -0.1) is 0 Å². The van der Waals surface area contributed by atoms with Crippen molar-refractivity contribution in [3.05, 3.63) is 40.4 Å². The minimum Gasteiger partial charge on any atom is -0.508 e. The average molecular weight is 284 g/mol. The second-order valence-corrected chi connectivity index (χ2v) is 4.65. The first-order chi connectivity index (χ1) is 7.65. The zero-order chi connectivity index (χ0) is 12.0. The Morgan fingerprint density at radius 3 is 2.94 bits per heavy atom. The van der Waals surface area contributed by atoms with Gasteiger partial charge in [0.2, 0.25) is 0 Å². The number of hydrogen-bond acceptors (Lipinski definition) is 2. The maximum absolute atomic E-state index is 9.73. The van der Waals surface area contributed by atoms with Gasteiger partial charge in [0.05, 0.1) is 0 Å². The van der Waals surface area contributed by atoms with Crippen LogP contribution in [0.5, 0.6) is 5.75 Å². The van der Waals surface area contributed by atoms with E-state index in [2.05, 4.69) is 34.2 Å². The van der Waals surface area contributed by atoms with E-state index in [-0.39, 0.29) is 6.04 Å². The van der Waals surface area contributed by atoms with E-state index in [0.29, 0.717) is 5.75 Å². The fraction of sp³-hybridized carbons (Fsp3) is 0.385. The Balaban J connectivity index is 2.58. The molecule has 0 aliphatic heterocycles. The number of phenolic OH excluding ortho intramolecular Hbond substituents is 1. The van der Waals surface area contributed by atoms with Gasteiger partial charge in [0.1, 0.15) is 5.75 Å². The Morgan fingerprint density at radius 2 is 2.25 bits per heavy atom. The van der Waals surface area contributed by atoms with E-state index < -0.39 is 0 Å². The summed E-state index contributed by atoms with van der Waals surface area (Å²) in [5.41, 5.74) is 0.926. The van der Waals surface area contributed by atoms with E-state index in [9.17, 15) is 5.11 Å². The zero-order valence-corrected chi connectivity index (χ0v) is 11.3. The minimum atomic E-state index is 0.155. The fourth-order valence-electron chi connectivity index (χ4n) is 1.53. The molecule has 0 radical (unpaired) electrons. The normalized spacial score (nSPS) is 13.2. The fourth-order valence-corrected chi connectivity index (χ4v) is 1.91. The van der Waals surface area contributed by atoms with Gasteiger partial charge in [-0.05, 0) is 45.0 Å². The Kier molecular flexibility index (Phi) is 5.56. The van der Waals surface area contributed by atoms with Gasteiger partial charge in [0.25, 0.3) is 0 Å². The van der Waals surface area contributed by atoms with Crippen LogP contribution in [0.4, 0.5) is 0 Å². The molecule has 0 saturated heterocycles. The summed E-state index contributed by atoms with van der Waals surface area (Å²) in [5, 5.41) is 13.1. The van der Waals surface area contributed by atoms with Crippen LogP contribution in [0.25, 0.3) is 0 Å². The average Bonchev–Trinajstić information content (AvgIpc) is 2.27. The third-order valence-corrected chi connectivity index (χ3v) is 2.95. The van der Waals surface area contributed by atoms with Gasteiger partial charge in [-0.2, -0.15) is 0 Å². The zero-order valence-electron chi connectivity index (χ0n) is 9.70. The van der Waals surface area contributed by atoms with E-state index in [4.69, 9.17) is 0 Å². The van der Waals surface area contributed by atoms with Crippen LogP contribution in [0, 0.1) is 0 Å². The quantitative estimate of drug-likeness (QED) is 0.637. The van der Waals surface area contributed by atoms with Gasteiger partial charge in [0, 0.05) is 16.1 Å². The second kappa shape index (κ2) is 6.71. The molecule has 0 bridgehead atoms. The summed E-state index contributed by atoms with van der Waals surface area (Å²) in [6, 6.07) is 5.65. The van der Waals surface area contributed by atoms with Gasteiger partial charge >= 0.3 is 0 Å². The largest absolute Gasteiger partial charge is 0.508 e. The lowest BCUT2D eigenvalue weighted by molar-refractivity contribution is 0.453. The van der Waals surface area contributed by atoms with Gasteiger partial charge in [-0.25, -0.2) is 0 Å². The van der Waals surface area contributed by atoms with Gasteiger partial charge in [-0.1, -0.05) is 28.1 Å². The summed E-state index contributed by atoms with van der Waals surface area (Å²) in [5.74, 6) is 0.342. The lowest BCUT2D eigenvalue weighted by atomic mass is 10.1. The lowest BCUT2D eigenvalue weighted by Crippen LogP contribution is -2.19. The SMILES string of the molecule is C/C=C/CCNC(C)c1cc(Br)ccc1O. The lowest BCUT2D eigenvalue weighted by Gasteiger charge is -2.15. The Morgan fingerprint density at radius 1 is 1.50 bits per heavy atom. The Bertz CT molecular complexity index is 363. The molecule has 0 aliphatic carbocycles. The predicted molar refractivity (Wildman–Crippen MR) is 71.7 cm³/mol. The molecule has 1 unspecified atom stereocenters. The summed E-state index contributed by atoms with van der Waals surface area (Å²) < 4.78 is 0.988. The van der Waals surface area contributed by atoms with Crippen LogP contribution >= 0.6 is 15.9 Å². The summed E-state index contributed by atoms with van der Waals surface area (Å²) >= 11 is 3.41. The number of halogens is 1. The molecule has 0 spiro atoms. The summed E-state index contributed by atoms with van der Waals surface area (Å²) in [6.07, 6.45) is 5.18. The number of hydrogen-bond donors (Lipinski definition) is 2. The molecule has 0 aromatic heterocycles. The first-order valence-electron chi connectivity index (χ1n) is 5.48. The molecule has 16 heavy (non-hydrogen) atoms. The minimum absolute atomic E-state index is 0.155. The van der Waals surface area contributed by atoms with Crippen LogP contribution in [0.3, 0.4) is 0 Å². The van der Waals surface area contributed by atoms with E-state index in [1.165, 1.54) is 0 Å². The van der Waals surface area contributed by atoms with Crippen LogP contribution < -0.4 is 5.32 Å². The molecule has 0 amide bonds. The standard InChI is InChI=1S/C13H18BrNO/c1-3-4-5-8-15-10(2)12-9-11(14)6-7-13(12)16/h3-4,6-7,9-10,15-16H,5,8H2,1-2H3/b4-3+. The van der Waals surface area contributed by atoms with Crippen molar-refractivity contribution in [1.82, 2.24) is 5.32 Å². The van der Waals surface area contributed by atoms with Crippen molar-refractivity contribution in [2.75, 3.05) is 6.54 Å². The van der Waals surface area contributed by atoms with Crippen LogP contribution in [0.15, 0.2) is 34.8 Å². The smallest absolute Gasteiger partial charge is 0.120 e. The summed E-state index contributed by atoms with van der Waals surface area (Å²) in [6.45, 7) is 4.98. The molecule has 3 heteroatoms. The summed E-state index contributed by atoms with van der Waals surface area (Å²) in [7, 11) is 0. The van der Waals surface area contributed by atoms with E-state index in [1.807, 2.05) is 25.1 Å². The van der Waals surface area contributed by atoms with Crippen LogP contribution in [0.1, 0.15) is 31.9 Å². The van der Waals surface area contributed by atoms with Crippen LogP contribution in [-0.4, -0.2) is 11.7 Å². The topological polar surface area (TPSA) is 32.3 Å². The highest BCUT2D eigenvalue weighted by molar-refractivity contribution is 9.10. The first-order valence-corrected chi connectivity index (χ1v) is 6.27. The number of aromatic hydroxyl groups is 1. The van der Waals surface area contributed by atoms with Crippen LogP contribution in [0.2, 0.25) is 0 Å². The molecule has 0 fully saturated rings. The highest BCUT2D eigenvalue weighted by Gasteiger charge is 2.09. The number of phenols is 1. The van der Waals surface area contributed by atoms with Crippen molar-refractivity contribution >= 4 is 15.9 Å². The molecular formula is C13H18BrNO. The number of rotatable bonds is 5. The van der Waals surface area contributed by atoms with E-state index in [0.717, 1.165) is 23.0 Å². The molecule has 88 valence electrons. The predicted octanol–water partition coefficient (Wildman–Crippen LogP) is 3.77. The third-order valence-electron chi connectivity index (χ3n) is 2.45. The highest BCUT2D eigenvalue weighted by Crippen LogP contribution is 2.27. The molecule has 2 nitrogen and oxygen atoms in total. The highest BCUT2D eigenvalue weighted by atomic mass is 79.9. The number of benzene rings is 1.